The zero-order valence-corrected chi connectivity index (χ0v) is 16.6. The molecule has 1 N–H and O–H groups in total. The van der Waals surface area contributed by atoms with Crippen LogP contribution >= 0.6 is 24.8 Å². The molecule has 1 atom stereocenters. The third-order valence-electron chi connectivity index (χ3n) is 4.61. The van der Waals surface area contributed by atoms with Crippen LogP contribution in [0.15, 0.2) is 36.4 Å². The molecular formula is C19H29Cl2N3O2. The van der Waals surface area contributed by atoms with Crippen LogP contribution in [0.3, 0.4) is 0 Å². The van der Waals surface area contributed by atoms with E-state index < -0.39 is 0 Å². The fourth-order valence-corrected chi connectivity index (χ4v) is 3.16. The Morgan fingerprint density at radius 3 is 2.54 bits per heavy atom. The molecule has 2 aliphatic heterocycles. The van der Waals surface area contributed by atoms with Crippen molar-refractivity contribution in [3.05, 3.63) is 42.0 Å². The summed E-state index contributed by atoms with van der Waals surface area (Å²) in [5.74, 6) is 0.225. The summed E-state index contributed by atoms with van der Waals surface area (Å²) in [6.07, 6.45) is 4.90. The van der Waals surface area contributed by atoms with Crippen LogP contribution in [-0.4, -0.2) is 74.2 Å². The number of morpholine rings is 1. The Labute approximate surface area is 168 Å². The number of hydrogen-bond donors (Lipinski definition) is 1. The van der Waals surface area contributed by atoms with Crippen molar-refractivity contribution in [2.45, 2.75) is 12.5 Å². The second-order valence-electron chi connectivity index (χ2n) is 6.40. The van der Waals surface area contributed by atoms with E-state index in [4.69, 9.17) is 4.74 Å². The SMILES string of the molecule is Cl.Cl.O=C(CC1CNCCO1)N1CCN(C/C=C/c2ccccc2)CC1. The van der Waals surface area contributed by atoms with Crippen molar-refractivity contribution in [2.24, 2.45) is 0 Å². The number of amides is 1. The molecule has 5 nitrogen and oxygen atoms in total. The quantitative estimate of drug-likeness (QED) is 0.819. The van der Waals surface area contributed by atoms with Gasteiger partial charge in [0.25, 0.3) is 0 Å². The minimum absolute atomic E-state index is 0. The van der Waals surface area contributed by atoms with Gasteiger partial charge in [-0.05, 0) is 5.56 Å². The first-order chi connectivity index (χ1) is 11.8. The lowest BCUT2D eigenvalue weighted by molar-refractivity contribution is -0.136. The first-order valence-electron chi connectivity index (χ1n) is 8.85. The highest BCUT2D eigenvalue weighted by Crippen LogP contribution is 2.09. The lowest BCUT2D eigenvalue weighted by Crippen LogP contribution is -2.50. The maximum absolute atomic E-state index is 12.4. The number of nitrogens with one attached hydrogen (secondary N) is 1. The van der Waals surface area contributed by atoms with Gasteiger partial charge in [-0.2, -0.15) is 0 Å². The Morgan fingerprint density at radius 2 is 1.88 bits per heavy atom. The van der Waals surface area contributed by atoms with Gasteiger partial charge < -0.3 is 15.0 Å². The number of carbonyl (C=O) groups excluding carboxylic acids is 1. The molecule has 1 unspecified atom stereocenters. The molecule has 1 aromatic carbocycles. The molecule has 0 radical (unpaired) electrons. The molecule has 146 valence electrons. The summed E-state index contributed by atoms with van der Waals surface area (Å²) >= 11 is 0. The zero-order chi connectivity index (χ0) is 16.6. The van der Waals surface area contributed by atoms with Gasteiger partial charge in [-0.15, -0.1) is 24.8 Å². The fourth-order valence-electron chi connectivity index (χ4n) is 3.16. The van der Waals surface area contributed by atoms with E-state index in [0.717, 1.165) is 45.8 Å². The van der Waals surface area contributed by atoms with Crippen molar-refractivity contribution in [2.75, 3.05) is 52.4 Å². The van der Waals surface area contributed by atoms with Crippen molar-refractivity contribution in [3.63, 3.8) is 0 Å². The molecule has 0 aliphatic carbocycles. The minimum Gasteiger partial charge on any atom is -0.375 e. The number of piperazine rings is 1. The Bertz CT molecular complexity index is 543. The third-order valence-corrected chi connectivity index (χ3v) is 4.61. The minimum atomic E-state index is 0. The van der Waals surface area contributed by atoms with Crippen LogP contribution in [0, 0.1) is 0 Å². The summed E-state index contributed by atoms with van der Waals surface area (Å²) in [4.78, 5) is 16.7. The van der Waals surface area contributed by atoms with Gasteiger partial charge in [0.1, 0.15) is 0 Å². The highest BCUT2D eigenvalue weighted by Gasteiger charge is 2.24. The van der Waals surface area contributed by atoms with Crippen LogP contribution in [0.4, 0.5) is 0 Å². The summed E-state index contributed by atoms with van der Waals surface area (Å²) in [5.41, 5.74) is 1.23. The largest absolute Gasteiger partial charge is 0.375 e. The van der Waals surface area contributed by atoms with E-state index in [1.54, 1.807) is 0 Å². The zero-order valence-electron chi connectivity index (χ0n) is 15.0. The molecule has 26 heavy (non-hydrogen) atoms. The molecule has 0 spiro atoms. The van der Waals surface area contributed by atoms with Gasteiger partial charge in [-0.3, -0.25) is 9.69 Å². The van der Waals surface area contributed by atoms with Gasteiger partial charge in [0.2, 0.25) is 5.91 Å². The van der Waals surface area contributed by atoms with Crippen LogP contribution in [-0.2, 0) is 9.53 Å². The van der Waals surface area contributed by atoms with Crippen molar-refractivity contribution >= 4 is 36.8 Å². The van der Waals surface area contributed by atoms with E-state index in [1.807, 2.05) is 11.0 Å². The lowest BCUT2D eigenvalue weighted by atomic mass is 10.2. The number of hydrogen-bond acceptors (Lipinski definition) is 4. The summed E-state index contributed by atoms with van der Waals surface area (Å²) in [6, 6.07) is 10.3. The van der Waals surface area contributed by atoms with Crippen LogP contribution < -0.4 is 5.32 Å². The lowest BCUT2D eigenvalue weighted by Gasteiger charge is -2.35. The average molecular weight is 402 g/mol. The number of rotatable bonds is 5. The molecule has 3 rings (SSSR count). The normalized spacial score (nSPS) is 21.1. The Balaban J connectivity index is 0.00000169. The molecule has 2 heterocycles. The summed E-state index contributed by atoms with van der Waals surface area (Å²) in [5, 5.41) is 3.28. The summed E-state index contributed by atoms with van der Waals surface area (Å²) < 4.78 is 5.63. The van der Waals surface area contributed by atoms with E-state index >= 15 is 0 Å². The predicted molar refractivity (Wildman–Crippen MR) is 110 cm³/mol. The Morgan fingerprint density at radius 1 is 1.15 bits per heavy atom. The smallest absolute Gasteiger partial charge is 0.225 e. The van der Waals surface area contributed by atoms with Gasteiger partial charge in [-0.1, -0.05) is 42.5 Å². The van der Waals surface area contributed by atoms with E-state index in [0.29, 0.717) is 13.0 Å². The van der Waals surface area contributed by atoms with E-state index in [-0.39, 0.29) is 36.8 Å². The van der Waals surface area contributed by atoms with E-state index in [1.165, 1.54) is 5.56 Å². The average Bonchev–Trinajstić information content (AvgIpc) is 2.64. The van der Waals surface area contributed by atoms with E-state index in [9.17, 15) is 4.79 Å². The number of ether oxygens (including phenoxy) is 1. The number of benzene rings is 1. The van der Waals surface area contributed by atoms with Crippen LogP contribution in [0.2, 0.25) is 0 Å². The fraction of sp³-hybridized carbons (Fsp3) is 0.526. The Kier molecular flexibility index (Phi) is 10.9. The highest BCUT2D eigenvalue weighted by atomic mass is 35.5. The van der Waals surface area contributed by atoms with Gasteiger partial charge >= 0.3 is 0 Å². The third kappa shape index (κ3) is 7.25. The molecular weight excluding hydrogens is 373 g/mol. The topological polar surface area (TPSA) is 44.8 Å². The van der Waals surface area contributed by atoms with Gasteiger partial charge in [0, 0.05) is 45.8 Å². The number of halogens is 2. The molecule has 1 amide bonds. The highest BCUT2D eigenvalue weighted by molar-refractivity contribution is 5.85. The molecule has 2 saturated heterocycles. The predicted octanol–water partition coefficient (Wildman–Crippen LogP) is 2.07. The molecule has 0 bridgehead atoms. The van der Waals surface area contributed by atoms with Crippen molar-refractivity contribution in [3.8, 4) is 0 Å². The molecule has 0 aromatic heterocycles. The maximum Gasteiger partial charge on any atom is 0.225 e. The van der Waals surface area contributed by atoms with Gasteiger partial charge in [-0.25, -0.2) is 0 Å². The molecule has 2 aliphatic rings. The second-order valence-corrected chi connectivity index (χ2v) is 6.40. The van der Waals surface area contributed by atoms with Crippen LogP contribution in [0.5, 0.6) is 0 Å². The monoisotopic (exact) mass is 401 g/mol. The van der Waals surface area contributed by atoms with Crippen molar-refractivity contribution in [1.29, 1.82) is 0 Å². The molecule has 0 saturated carbocycles. The van der Waals surface area contributed by atoms with Gasteiger partial charge in [0.05, 0.1) is 19.1 Å². The molecule has 1 aromatic rings. The second kappa shape index (κ2) is 12.3. The standard InChI is InChI=1S/C19H27N3O2.2ClH/c23-19(15-18-16-20-8-14-24-18)22-12-10-21(11-13-22)9-4-7-17-5-2-1-3-6-17;;/h1-7,18,20H,8-16H2;2*1H/b7-4+;;. The van der Waals surface area contributed by atoms with E-state index in [2.05, 4.69) is 46.6 Å². The Hall–Kier alpha value is -1.11. The number of carbonyl (C=O) groups is 1. The molecule has 7 heteroatoms. The molecule has 2 fully saturated rings. The van der Waals surface area contributed by atoms with Crippen molar-refractivity contribution in [1.82, 2.24) is 15.1 Å². The van der Waals surface area contributed by atoms with Crippen LogP contribution in [0.25, 0.3) is 6.08 Å². The summed E-state index contributed by atoms with van der Waals surface area (Å²) in [6.45, 7) is 6.83. The van der Waals surface area contributed by atoms with Crippen molar-refractivity contribution < 1.29 is 9.53 Å². The van der Waals surface area contributed by atoms with Gasteiger partial charge in [0.15, 0.2) is 0 Å². The first-order valence-corrected chi connectivity index (χ1v) is 8.85. The van der Waals surface area contributed by atoms with Crippen LogP contribution in [0.1, 0.15) is 12.0 Å². The maximum atomic E-state index is 12.4. The number of nitrogens with zero attached hydrogens (tertiary/aromatic N) is 2. The summed E-state index contributed by atoms with van der Waals surface area (Å²) in [7, 11) is 0. The first kappa shape index (κ1) is 22.9.